The number of aromatic nitrogens is 1. The Balaban J connectivity index is 1.71. The molecule has 1 amide bonds. The van der Waals surface area contributed by atoms with E-state index in [1.807, 2.05) is 50.4 Å². The Kier molecular flexibility index (Phi) is 5.63. The lowest BCUT2D eigenvalue weighted by Gasteiger charge is -2.11. The molecule has 134 valence electrons. The highest BCUT2D eigenvalue weighted by Gasteiger charge is 2.12. The molecule has 0 spiro atoms. The van der Waals surface area contributed by atoms with Crippen molar-refractivity contribution in [1.82, 2.24) is 5.16 Å². The van der Waals surface area contributed by atoms with Gasteiger partial charge in [-0.2, -0.15) is 0 Å². The van der Waals surface area contributed by atoms with Gasteiger partial charge in [-0.25, -0.2) is 0 Å². The molecule has 0 aliphatic carbocycles. The molecule has 0 saturated carbocycles. The van der Waals surface area contributed by atoms with Crippen LogP contribution < -0.4 is 10.1 Å². The van der Waals surface area contributed by atoms with Crippen molar-refractivity contribution in [1.29, 1.82) is 0 Å². The third kappa shape index (κ3) is 4.08. The summed E-state index contributed by atoms with van der Waals surface area (Å²) in [6, 6.07) is 14.8. The molecule has 0 fully saturated rings. The number of rotatable bonds is 6. The van der Waals surface area contributed by atoms with E-state index in [9.17, 15) is 4.79 Å². The van der Waals surface area contributed by atoms with Gasteiger partial charge in [-0.3, -0.25) is 4.79 Å². The van der Waals surface area contributed by atoms with Gasteiger partial charge in [0.05, 0.1) is 16.9 Å². The van der Waals surface area contributed by atoms with Crippen LogP contribution in [0.3, 0.4) is 0 Å². The Bertz CT molecular complexity index is 901. The van der Waals surface area contributed by atoms with E-state index in [0.29, 0.717) is 17.9 Å². The molecule has 1 aromatic heterocycles. The number of nitrogens with one attached hydrogen (secondary N) is 1. The molecule has 3 rings (SSSR count). The summed E-state index contributed by atoms with van der Waals surface area (Å²) >= 11 is 1.59. The number of hydrogen-bond donors (Lipinski definition) is 1. The van der Waals surface area contributed by atoms with Gasteiger partial charge < -0.3 is 14.6 Å². The first kappa shape index (κ1) is 18.1. The van der Waals surface area contributed by atoms with Crippen LogP contribution in [0.2, 0.25) is 0 Å². The van der Waals surface area contributed by atoms with Gasteiger partial charge in [-0.15, -0.1) is 11.8 Å². The molecule has 0 aliphatic rings. The molecule has 0 saturated heterocycles. The molecule has 26 heavy (non-hydrogen) atoms. The molecular weight excluding hydrogens is 348 g/mol. The molecular formula is C20H20N2O3S. The van der Waals surface area contributed by atoms with Crippen LogP contribution >= 0.6 is 11.8 Å². The van der Waals surface area contributed by atoms with E-state index in [0.717, 1.165) is 27.6 Å². The zero-order valence-electron chi connectivity index (χ0n) is 14.9. The Labute approximate surface area is 156 Å². The highest BCUT2D eigenvalue weighted by atomic mass is 32.2. The lowest BCUT2D eigenvalue weighted by molar-refractivity contribution is 0.102. The summed E-state index contributed by atoms with van der Waals surface area (Å²) in [5.74, 6) is 1.19. The lowest BCUT2D eigenvalue weighted by Crippen LogP contribution is -2.12. The normalized spacial score (nSPS) is 10.6. The van der Waals surface area contributed by atoms with Gasteiger partial charge in [0.2, 0.25) is 0 Å². The number of thioether (sulfide) groups is 1. The summed E-state index contributed by atoms with van der Waals surface area (Å²) < 4.78 is 11.0. The van der Waals surface area contributed by atoms with Gasteiger partial charge >= 0.3 is 0 Å². The van der Waals surface area contributed by atoms with Crippen LogP contribution in [0.1, 0.15) is 27.4 Å². The van der Waals surface area contributed by atoms with Crippen molar-refractivity contribution in [2.45, 2.75) is 25.3 Å². The number of ether oxygens (including phenoxy) is 1. The molecule has 0 atom stereocenters. The molecule has 0 unspecified atom stereocenters. The lowest BCUT2D eigenvalue weighted by atomic mass is 10.2. The van der Waals surface area contributed by atoms with Crippen molar-refractivity contribution in [3.63, 3.8) is 0 Å². The molecule has 1 N–H and O–H groups in total. The molecule has 1 heterocycles. The first-order chi connectivity index (χ1) is 12.6. The summed E-state index contributed by atoms with van der Waals surface area (Å²) in [6.07, 6.45) is 1.98. The smallest absolute Gasteiger partial charge is 0.255 e. The molecule has 6 heteroatoms. The van der Waals surface area contributed by atoms with Crippen molar-refractivity contribution >= 4 is 23.4 Å². The minimum Gasteiger partial charge on any atom is -0.489 e. The van der Waals surface area contributed by atoms with Crippen LogP contribution in [-0.4, -0.2) is 17.3 Å². The summed E-state index contributed by atoms with van der Waals surface area (Å²) in [7, 11) is 0. The Morgan fingerprint density at radius 2 is 2.00 bits per heavy atom. The number of hydrogen-bond acceptors (Lipinski definition) is 5. The van der Waals surface area contributed by atoms with Crippen molar-refractivity contribution < 1.29 is 14.1 Å². The van der Waals surface area contributed by atoms with Crippen LogP contribution in [0.4, 0.5) is 5.69 Å². The van der Waals surface area contributed by atoms with Gasteiger partial charge in [0, 0.05) is 10.5 Å². The third-order valence-electron chi connectivity index (χ3n) is 4.02. The van der Waals surface area contributed by atoms with E-state index >= 15 is 0 Å². The SMILES string of the molecule is CSc1ccccc1NC(=O)c1cccc(OCc2c(C)noc2C)c1. The summed E-state index contributed by atoms with van der Waals surface area (Å²) in [4.78, 5) is 13.6. The van der Waals surface area contributed by atoms with Crippen LogP contribution in [0.15, 0.2) is 57.9 Å². The second-order valence-corrected chi connectivity index (χ2v) is 6.62. The second kappa shape index (κ2) is 8.10. The fraction of sp³-hybridized carbons (Fsp3) is 0.200. The van der Waals surface area contributed by atoms with E-state index in [-0.39, 0.29) is 5.91 Å². The standard InChI is InChI=1S/C20H20N2O3S/c1-13-17(14(2)25-22-13)12-24-16-8-6-7-15(11-16)20(23)21-18-9-4-5-10-19(18)26-3/h4-11H,12H2,1-3H3,(H,21,23). The maximum atomic E-state index is 12.6. The number of anilines is 1. The Morgan fingerprint density at radius 3 is 2.73 bits per heavy atom. The quantitative estimate of drug-likeness (QED) is 0.631. The van der Waals surface area contributed by atoms with E-state index in [4.69, 9.17) is 9.26 Å². The minimum atomic E-state index is -0.172. The van der Waals surface area contributed by atoms with Crippen molar-refractivity contribution in [3.05, 3.63) is 71.1 Å². The maximum Gasteiger partial charge on any atom is 0.255 e. The van der Waals surface area contributed by atoms with E-state index in [1.165, 1.54) is 0 Å². The van der Waals surface area contributed by atoms with E-state index in [1.54, 1.807) is 30.0 Å². The topological polar surface area (TPSA) is 64.4 Å². The largest absolute Gasteiger partial charge is 0.489 e. The zero-order valence-corrected chi connectivity index (χ0v) is 15.7. The Hall–Kier alpha value is -2.73. The fourth-order valence-corrected chi connectivity index (χ4v) is 3.09. The molecule has 2 aromatic carbocycles. The molecule has 0 aliphatic heterocycles. The number of carbonyl (C=O) groups excluding carboxylic acids is 1. The van der Waals surface area contributed by atoms with Crippen LogP contribution in [0.5, 0.6) is 5.75 Å². The molecule has 0 radical (unpaired) electrons. The maximum absolute atomic E-state index is 12.6. The second-order valence-electron chi connectivity index (χ2n) is 5.77. The van der Waals surface area contributed by atoms with Gasteiger partial charge in [0.1, 0.15) is 18.1 Å². The van der Waals surface area contributed by atoms with Crippen molar-refractivity contribution in [2.24, 2.45) is 0 Å². The van der Waals surface area contributed by atoms with Crippen LogP contribution in [0.25, 0.3) is 0 Å². The average Bonchev–Trinajstić information content (AvgIpc) is 2.98. The monoisotopic (exact) mass is 368 g/mol. The number of nitrogens with zero attached hydrogens (tertiary/aromatic N) is 1. The molecule has 5 nitrogen and oxygen atoms in total. The molecule has 3 aromatic rings. The Morgan fingerprint density at radius 1 is 1.19 bits per heavy atom. The summed E-state index contributed by atoms with van der Waals surface area (Å²) in [5.41, 5.74) is 3.07. The average molecular weight is 368 g/mol. The first-order valence-corrected chi connectivity index (χ1v) is 9.40. The van der Waals surface area contributed by atoms with Crippen LogP contribution in [-0.2, 0) is 6.61 Å². The number of carbonyl (C=O) groups is 1. The highest BCUT2D eigenvalue weighted by Crippen LogP contribution is 2.25. The number of aryl methyl sites for hydroxylation is 2. The predicted octanol–water partition coefficient (Wildman–Crippen LogP) is 4.84. The van der Waals surface area contributed by atoms with E-state index in [2.05, 4.69) is 10.5 Å². The fourth-order valence-electron chi connectivity index (χ4n) is 2.53. The highest BCUT2D eigenvalue weighted by molar-refractivity contribution is 7.98. The van der Waals surface area contributed by atoms with Crippen molar-refractivity contribution in [3.8, 4) is 5.75 Å². The van der Waals surface area contributed by atoms with Gasteiger partial charge in [0.15, 0.2) is 0 Å². The van der Waals surface area contributed by atoms with Gasteiger partial charge in [-0.1, -0.05) is 23.4 Å². The summed E-state index contributed by atoms with van der Waals surface area (Å²) in [6.45, 7) is 4.08. The minimum absolute atomic E-state index is 0.172. The number of para-hydroxylation sites is 1. The number of benzene rings is 2. The number of amides is 1. The van der Waals surface area contributed by atoms with Gasteiger partial charge in [0.25, 0.3) is 5.91 Å². The zero-order chi connectivity index (χ0) is 18.5. The van der Waals surface area contributed by atoms with Crippen molar-refractivity contribution in [2.75, 3.05) is 11.6 Å². The van der Waals surface area contributed by atoms with E-state index < -0.39 is 0 Å². The third-order valence-corrected chi connectivity index (χ3v) is 4.81. The first-order valence-electron chi connectivity index (χ1n) is 8.17. The predicted molar refractivity (Wildman–Crippen MR) is 103 cm³/mol. The van der Waals surface area contributed by atoms with Crippen LogP contribution in [0, 0.1) is 13.8 Å². The molecule has 0 bridgehead atoms. The summed E-state index contributed by atoms with van der Waals surface area (Å²) in [5, 5.41) is 6.87. The van der Waals surface area contributed by atoms with Gasteiger partial charge in [-0.05, 0) is 50.4 Å².